The van der Waals surface area contributed by atoms with Gasteiger partial charge in [-0.3, -0.25) is 0 Å². The number of nitriles is 1. The van der Waals surface area contributed by atoms with E-state index in [9.17, 15) is 0 Å². The van der Waals surface area contributed by atoms with Gasteiger partial charge in [0.05, 0.1) is 18.4 Å². The Bertz CT molecular complexity index is 660. The molecule has 0 bridgehead atoms. The van der Waals surface area contributed by atoms with Gasteiger partial charge < -0.3 is 9.72 Å². The Morgan fingerprint density at radius 3 is 3.10 bits per heavy atom. The number of aromatic nitrogens is 2. The van der Waals surface area contributed by atoms with Crippen LogP contribution in [0.1, 0.15) is 31.2 Å². The first kappa shape index (κ1) is 12.7. The van der Waals surface area contributed by atoms with Crippen LogP contribution in [0.5, 0.6) is 5.75 Å². The summed E-state index contributed by atoms with van der Waals surface area (Å²) in [6.07, 6.45) is 13.0. The van der Waals surface area contributed by atoms with Gasteiger partial charge in [-0.05, 0) is 43.7 Å². The van der Waals surface area contributed by atoms with Crippen molar-refractivity contribution >= 4 is 11.0 Å². The molecule has 4 heteroatoms. The van der Waals surface area contributed by atoms with Crippen LogP contribution in [0.4, 0.5) is 0 Å². The number of nitrogens with zero attached hydrogens (tertiary/aromatic N) is 2. The molecule has 2 aromatic rings. The molecular weight excluding hydrogens is 250 g/mol. The highest BCUT2D eigenvalue weighted by molar-refractivity contribution is 5.81. The zero-order valence-corrected chi connectivity index (χ0v) is 11.3. The highest BCUT2D eigenvalue weighted by Crippen LogP contribution is 2.27. The fourth-order valence-electron chi connectivity index (χ4n) is 2.71. The van der Waals surface area contributed by atoms with Gasteiger partial charge in [-0.2, -0.15) is 5.26 Å². The van der Waals surface area contributed by atoms with E-state index < -0.39 is 0 Å². The smallest absolute Gasteiger partial charge is 0.138 e. The zero-order valence-electron chi connectivity index (χ0n) is 11.3. The number of hydrogen-bond acceptors (Lipinski definition) is 3. The fourth-order valence-corrected chi connectivity index (χ4v) is 2.71. The summed E-state index contributed by atoms with van der Waals surface area (Å²) in [6.45, 7) is 0. The average molecular weight is 267 g/mol. The van der Waals surface area contributed by atoms with E-state index in [1.807, 2.05) is 24.4 Å². The van der Waals surface area contributed by atoms with E-state index in [0.29, 0.717) is 6.10 Å². The van der Waals surface area contributed by atoms with Crippen LogP contribution in [0, 0.1) is 11.3 Å². The summed E-state index contributed by atoms with van der Waals surface area (Å²) in [7, 11) is 0. The number of pyridine rings is 1. The van der Waals surface area contributed by atoms with Crippen LogP contribution in [-0.2, 0) is 6.42 Å². The summed E-state index contributed by atoms with van der Waals surface area (Å²) in [5.74, 6) is 0.842. The monoisotopic (exact) mass is 267 g/mol. The zero-order chi connectivity index (χ0) is 13.8. The van der Waals surface area contributed by atoms with Gasteiger partial charge in [0, 0.05) is 17.7 Å². The second-order valence-electron chi connectivity index (χ2n) is 5.14. The maximum absolute atomic E-state index is 8.53. The number of fused-ring (bicyclic) bond motifs is 1. The molecule has 1 aliphatic carbocycles. The Kier molecular flexibility index (Phi) is 3.69. The van der Waals surface area contributed by atoms with E-state index >= 15 is 0 Å². The largest absolute Gasteiger partial charge is 0.489 e. The molecule has 4 nitrogen and oxygen atoms in total. The van der Waals surface area contributed by atoms with Crippen molar-refractivity contribution in [2.75, 3.05) is 0 Å². The molecule has 1 aliphatic rings. The molecule has 1 N–H and O–H groups in total. The topological polar surface area (TPSA) is 61.7 Å². The lowest BCUT2D eigenvalue weighted by Gasteiger charge is -2.12. The molecule has 2 heterocycles. The van der Waals surface area contributed by atoms with E-state index in [1.165, 1.54) is 18.9 Å². The molecule has 0 aromatic carbocycles. The van der Waals surface area contributed by atoms with Crippen molar-refractivity contribution in [2.45, 2.75) is 38.2 Å². The molecule has 1 fully saturated rings. The predicted octanol–water partition coefficient (Wildman–Crippen LogP) is 3.51. The van der Waals surface area contributed by atoms with Crippen LogP contribution in [0.25, 0.3) is 11.0 Å². The summed E-state index contributed by atoms with van der Waals surface area (Å²) in [5.41, 5.74) is 2.00. The van der Waals surface area contributed by atoms with E-state index in [4.69, 9.17) is 10.00 Å². The second kappa shape index (κ2) is 5.79. The molecule has 0 saturated heterocycles. The number of nitrogens with one attached hydrogen (secondary N) is 1. The molecule has 0 spiro atoms. The van der Waals surface area contributed by atoms with Crippen LogP contribution in [0.15, 0.2) is 30.6 Å². The first-order chi connectivity index (χ1) is 9.86. The first-order valence-corrected chi connectivity index (χ1v) is 7.04. The van der Waals surface area contributed by atoms with Crippen LogP contribution in [0.3, 0.4) is 0 Å². The van der Waals surface area contributed by atoms with Crippen LogP contribution in [0.2, 0.25) is 0 Å². The molecule has 0 atom stereocenters. The minimum absolute atomic E-state index is 0.343. The minimum Gasteiger partial charge on any atom is -0.489 e. The van der Waals surface area contributed by atoms with E-state index in [-0.39, 0.29) is 0 Å². The summed E-state index contributed by atoms with van der Waals surface area (Å²) in [4.78, 5) is 7.55. The van der Waals surface area contributed by atoms with Gasteiger partial charge in [0.2, 0.25) is 0 Å². The summed E-state index contributed by atoms with van der Waals surface area (Å²) in [5, 5.41) is 9.61. The molecule has 0 amide bonds. The summed E-state index contributed by atoms with van der Waals surface area (Å²) >= 11 is 0. The molecule has 1 saturated carbocycles. The van der Waals surface area contributed by atoms with Crippen molar-refractivity contribution < 1.29 is 4.74 Å². The minimum atomic E-state index is 0.343. The molecule has 0 radical (unpaired) electrons. The van der Waals surface area contributed by atoms with Gasteiger partial charge in [0.1, 0.15) is 11.4 Å². The number of rotatable bonds is 4. The fraction of sp³-hybridized carbons (Fsp3) is 0.375. The van der Waals surface area contributed by atoms with E-state index in [1.54, 1.807) is 6.20 Å². The molecule has 0 unspecified atom stereocenters. The first-order valence-electron chi connectivity index (χ1n) is 7.04. The molecular formula is C16H17N3O. The quantitative estimate of drug-likeness (QED) is 0.862. The normalized spacial score (nSPS) is 15.9. The predicted molar refractivity (Wildman–Crippen MR) is 77.4 cm³/mol. The highest BCUT2D eigenvalue weighted by Gasteiger charge is 2.17. The average Bonchev–Trinajstić information content (AvgIpc) is 3.09. The molecule has 2 aromatic heterocycles. The van der Waals surface area contributed by atoms with Crippen molar-refractivity contribution in [3.63, 3.8) is 0 Å². The van der Waals surface area contributed by atoms with E-state index in [2.05, 4.69) is 9.97 Å². The number of ether oxygens (including phenoxy) is 1. The Labute approximate surface area is 118 Å². The lowest BCUT2D eigenvalue weighted by atomic mass is 10.1. The van der Waals surface area contributed by atoms with Crippen LogP contribution < -0.4 is 4.74 Å². The maximum Gasteiger partial charge on any atom is 0.138 e. The number of aromatic amines is 1. The van der Waals surface area contributed by atoms with E-state index in [0.717, 1.165) is 41.6 Å². The van der Waals surface area contributed by atoms with Crippen molar-refractivity contribution in [2.24, 2.45) is 0 Å². The Hall–Kier alpha value is -2.28. The third-order valence-corrected chi connectivity index (χ3v) is 3.73. The van der Waals surface area contributed by atoms with Crippen LogP contribution in [-0.4, -0.2) is 16.1 Å². The molecule has 3 rings (SSSR count). The number of hydrogen-bond donors (Lipinski definition) is 1. The van der Waals surface area contributed by atoms with Gasteiger partial charge in [-0.15, -0.1) is 0 Å². The number of H-pyrrole nitrogens is 1. The van der Waals surface area contributed by atoms with Gasteiger partial charge in [0.15, 0.2) is 0 Å². The molecule has 20 heavy (non-hydrogen) atoms. The highest BCUT2D eigenvalue weighted by atomic mass is 16.5. The Morgan fingerprint density at radius 2 is 2.30 bits per heavy atom. The van der Waals surface area contributed by atoms with Gasteiger partial charge in [-0.1, -0.05) is 6.08 Å². The molecule has 102 valence electrons. The van der Waals surface area contributed by atoms with Crippen molar-refractivity contribution in [3.8, 4) is 11.8 Å². The maximum atomic E-state index is 8.53. The number of allylic oxidation sites excluding steroid dienone is 2. The third kappa shape index (κ3) is 2.67. The van der Waals surface area contributed by atoms with Gasteiger partial charge in [0.25, 0.3) is 0 Å². The van der Waals surface area contributed by atoms with Crippen molar-refractivity contribution in [1.29, 1.82) is 5.26 Å². The summed E-state index contributed by atoms with van der Waals surface area (Å²) in [6, 6.07) is 4.06. The van der Waals surface area contributed by atoms with Crippen molar-refractivity contribution in [1.82, 2.24) is 9.97 Å². The Balaban J connectivity index is 1.82. The van der Waals surface area contributed by atoms with Crippen molar-refractivity contribution in [3.05, 3.63) is 36.2 Å². The standard InChI is InChI=1S/C16H17N3O/c17-8-4-3-5-12-10-18-16-15(12)9-14(11-19-16)20-13-6-1-2-7-13/h3-4,9-11,13H,1-2,5-7H2,(H,18,19)/b4-3-. The van der Waals surface area contributed by atoms with Gasteiger partial charge in [-0.25, -0.2) is 4.98 Å². The lowest BCUT2D eigenvalue weighted by molar-refractivity contribution is 0.209. The van der Waals surface area contributed by atoms with Gasteiger partial charge >= 0.3 is 0 Å². The lowest BCUT2D eigenvalue weighted by Crippen LogP contribution is -2.10. The third-order valence-electron chi connectivity index (χ3n) is 3.73. The molecule has 0 aliphatic heterocycles. The SMILES string of the molecule is N#C/C=C\Cc1c[nH]c2ncc(OC3CCCC3)cc12. The second-order valence-corrected chi connectivity index (χ2v) is 5.14. The van der Waals surface area contributed by atoms with Crippen LogP contribution >= 0.6 is 0 Å². The Morgan fingerprint density at radius 1 is 1.45 bits per heavy atom. The summed E-state index contributed by atoms with van der Waals surface area (Å²) < 4.78 is 5.99.